The Morgan fingerprint density at radius 1 is 0.244 bits per heavy atom. The average molecular weight is 1100 g/mol. The van der Waals surface area contributed by atoms with Crippen LogP contribution in [0.2, 0.25) is 0 Å². The van der Waals surface area contributed by atoms with Gasteiger partial charge in [0.15, 0.2) is 6.10 Å². The largest absolute Gasteiger partial charge is 0.462 e. The third-order valence-corrected chi connectivity index (χ3v) is 16.5. The van der Waals surface area contributed by atoms with Crippen LogP contribution in [0.15, 0.2) is 12.2 Å². The minimum absolute atomic E-state index is 0.0666. The highest BCUT2D eigenvalue weighted by atomic mass is 16.6. The molecule has 0 aliphatic heterocycles. The van der Waals surface area contributed by atoms with Crippen molar-refractivity contribution in [2.45, 2.75) is 419 Å². The second-order valence-electron chi connectivity index (χ2n) is 24.5. The summed E-state index contributed by atoms with van der Waals surface area (Å²) in [7, 11) is 0. The van der Waals surface area contributed by atoms with Gasteiger partial charge in [-0.05, 0) is 44.9 Å². The van der Waals surface area contributed by atoms with Gasteiger partial charge in [0, 0.05) is 19.3 Å². The lowest BCUT2D eigenvalue weighted by atomic mass is 10.0. The molecule has 0 aromatic heterocycles. The molecule has 0 saturated carbocycles. The molecular weight excluding hydrogens is 961 g/mol. The molecule has 0 fully saturated rings. The molecule has 0 heterocycles. The van der Waals surface area contributed by atoms with E-state index in [0.29, 0.717) is 19.3 Å². The third-order valence-electron chi connectivity index (χ3n) is 16.5. The molecule has 1 atom stereocenters. The zero-order chi connectivity index (χ0) is 56.4. The zero-order valence-electron chi connectivity index (χ0n) is 53.2. The number of unbranched alkanes of at least 4 members (excludes halogenated alkanes) is 54. The smallest absolute Gasteiger partial charge is 0.306 e. The highest BCUT2D eigenvalue weighted by molar-refractivity contribution is 5.71. The van der Waals surface area contributed by atoms with E-state index in [1.165, 1.54) is 308 Å². The van der Waals surface area contributed by atoms with Crippen LogP contribution in [0.1, 0.15) is 412 Å². The van der Waals surface area contributed by atoms with E-state index in [1.54, 1.807) is 0 Å². The van der Waals surface area contributed by atoms with Crippen molar-refractivity contribution in [2.75, 3.05) is 13.2 Å². The van der Waals surface area contributed by atoms with Crippen LogP contribution in [0, 0.1) is 0 Å². The first-order chi connectivity index (χ1) is 38.5. The number of ether oxygens (including phenoxy) is 3. The summed E-state index contributed by atoms with van der Waals surface area (Å²) in [6.45, 7) is 6.72. The molecule has 0 N–H and O–H groups in total. The molecule has 0 bridgehead atoms. The van der Waals surface area contributed by atoms with Crippen LogP contribution in [-0.4, -0.2) is 37.2 Å². The minimum atomic E-state index is -0.771. The lowest BCUT2D eigenvalue weighted by Crippen LogP contribution is -2.30. The summed E-state index contributed by atoms with van der Waals surface area (Å²) in [6.07, 6.45) is 81.1. The quantitative estimate of drug-likeness (QED) is 0.0261. The molecule has 1 unspecified atom stereocenters. The van der Waals surface area contributed by atoms with Crippen LogP contribution in [0.25, 0.3) is 0 Å². The Kier molecular flexibility index (Phi) is 66.0. The van der Waals surface area contributed by atoms with Crippen LogP contribution in [0.5, 0.6) is 0 Å². The van der Waals surface area contributed by atoms with Crippen molar-refractivity contribution in [2.24, 2.45) is 0 Å². The minimum Gasteiger partial charge on any atom is -0.462 e. The van der Waals surface area contributed by atoms with Gasteiger partial charge in [0.25, 0.3) is 0 Å². The van der Waals surface area contributed by atoms with Crippen molar-refractivity contribution in [1.82, 2.24) is 0 Å². The molecule has 0 amide bonds. The fourth-order valence-electron chi connectivity index (χ4n) is 11.2. The highest BCUT2D eigenvalue weighted by Crippen LogP contribution is 2.19. The van der Waals surface area contributed by atoms with Gasteiger partial charge in [-0.3, -0.25) is 14.4 Å². The van der Waals surface area contributed by atoms with Gasteiger partial charge in [-0.25, -0.2) is 0 Å². The number of carbonyl (C=O) groups excluding carboxylic acids is 3. The maximum atomic E-state index is 12.9. The molecule has 0 rings (SSSR count). The molecule has 462 valence electrons. The van der Waals surface area contributed by atoms with E-state index in [0.717, 1.165) is 64.2 Å². The summed E-state index contributed by atoms with van der Waals surface area (Å²) in [6, 6.07) is 0. The maximum Gasteiger partial charge on any atom is 0.306 e. The Morgan fingerprint density at radius 3 is 0.641 bits per heavy atom. The van der Waals surface area contributed by atoms with E-state index < -0.39 is 6.10 Å². The molecule has 0 radical (unpaired) electrons. The van der Waals surface area contributed by atoms with Gasteiger partial charge in [0.05, 0.1) is 0 Å². The van der Waals surface area contributed by atoms with E-state index >= 15 is 0 Å². The second-order valence-corrected chi connectivity index (χ2v) is 24.5. The predicted molar refractivity (Wildman–Crippen MR) is 340 cm³/mol. The van der Waals surface area contributed by atoms with Gasteiger partial charge in [-0.2, -0.15) is 0 Å². The Hall–Kier alpha value is -1.85. The van der Waals surface area contributed by atoms with Gasteiger partial charge in [0.2, 0.25) is 0 Å². The first-order valence-corrected chi connectivity index (χ1v) is 35.7. The van der Waals surface area contributed by atoms with Crippen LogP contribution in [0.4, 0.5) is 0 Å². The monoisotopic (exact) mass is 1100 g/mol. The van der Waals surface area contributed by atoms with Crippen molar-refractivity contribution in [3.8, 4) is 0 Å². The van der Waals surface area contributed by atoms with Gasteiger partial charge < -0.3 is 14.2 Å². The molecule has 0 saturated heterocycles. The van der Waals surface area contributed by atoms with Crippen molar-refractivity contribution in [1.29, 1.82) is 0 Å². The highest BCUT2D eigenvalue weighted by Gasteiger charge is 2.19. The van der Waals surface area contributed by atoms with E-state index in [9.17, 15) is 14.4 Å². The summed E-state index contributed by atoms with van der Waals surface area (Å²) in [5, 5.41) is 0. The van der Waals surface area contributed by atoms with Crippen LogP contribution in [-0.2, 0) is 28.6 Å². The Labute approximate surface area is 488 Å². The van der Waals surface area contributed by atoms with Gasteiger partial charge in [-0.1, -0.05) is 360 Å². The average Bonchev–Trinajstić information content (AvgIpc) is 3.44. The molecule has 6 nitrogen and oxygen atoms in total. The fourth-order valence-corrected chi connectivity index (χ4v) is 11.2. The molecule has 0 aliphatic rings. The first kappa shape index (κ1) is 76.1. The number of esters is 3. The van der Waals surface area contributed by atoms with Crippen molar-refractivity contribution < 1.29 is 28.6 Å². The summed E-state index contributed by atoms with van der Waals surface area (Å²) < 4.78 is 17.0. The lowest BCUT2D eigenvalue weighted by Gasteiger charge is -2.18. The summed E-state index contributed by atoms with van der Waals surface area (Å²) >= 11 is 0. The lowest BCUT2D eigenvalue weighted by molar-refractivity contribution is -0.167. The molecule has 0 aromatic rings. The first-order valence-electron chi connectivity index (χ1n) is 35.7. The summed E-state index contributed by atoms with van der Waals surface area (Å²) in [5.41, 5.74) is 0. The SMILES string of the molecule is CCCCCCCCC/C=C\CCCCCCCC(=O)OC(COC(=O)CCCCCCCCCCCCCCCCC)COC(=O)CCCCCCCCCCCCCCCCCCCCCCCCCCCCCCC. The Balaban J connectivity index is 4.16. The number of hydrogen-bond acceptors (Lipinski definition) is 6. The standard InChI is InChI=1S/C72H138O6/c1-4-7-10-13-16-19-22-25-28-30-31-32-33-34-35-36-37-38-39-40-41-42-45-47-50-53-56-59-62-65-71(74)77-68-69(67-76-70(73)64-61-58-55-52-49-46-43-27-24-21-18-15-12-9-6-3)78-72(75)66-63-60-57-54-51-48-44-29-26-23-20-17-14-11-8-5-2/h29,44,69H,4-28,30-43,45-68H2,1-3H3/b44-29-. The Morgan fingerprint density at radius 2 is 0.423 bits per heavy atom. The summed E-state index contributed by atoms with van der Waals surface area (Å²) in [5.74, 6) is -0.840. The third kappa shape index (κ3) is 65.0. The normalized spacial score (nSPS) is 12.0. The van der Waals surface area contributed by atoms with Gasteiger partial charge >= 0.3 is 17.9 Å². The van der Waals surface area contributed by atoms with Gasteiger partial charge in [0.1, 0.15) is 13.2 Å². The number of hydrogen-bond donors (Lipinski definition) is 0. The number of rotatable bonds is 67. The van der Waals surface area contributed by atoms with Crippen molar-refractivity contribution in [3.05, 3.63) is 12.2 Å². The molecule has 6 heteroatoms. The fraction of sp³-hybridized carbons (Fsp3) is 0.931. The zero-order valence-corrected chi connectivity index (χ0v) is 53.2. The van der Waals surface area contributed by atoms with E-state index in [2.05, 4.69) is 32.9 Å². The van der Waals surface area contributed by atoms with E-state index in [-0.39, 0.29) is 31.1 Å². The van der Waals surface area contributed by atoms with Crippen molar-refractivity contribution >= 4 is 17.9 Å². The molecule has 0 aliphatic carbocycles. The van der Waals surface area contributed by atoms with Crippen LogP contribution in [0.3, 0.4) is 0 Å². The van der Waals surface area contributed by atoms with Crippen LogP contribution < -0.4 is 0 Å². The van der Waals surface area contributed by atoms with E-state index in [1.807, 2.05) is 0 Å². The molecular formula is C72H138O6. The Bertz CT molecular complexity index is 1210. The predicted octanol–water partition coefficient (Wildman–Crippen LogP) is 24.4. The second kappa shape index (κ2) is 67.7. The maximum absolute atomic E-state index is 12.9. The van der Waals surface area contributed by atoms with Crippen LogP contribution >= 0.6 is 0 Å². The number of allylic oxidation sites excluding steroid dienone is 2. The molecule has 0 spiro atoms. The number of carbonyl (C=O) groups is 3. The molecule has 78 heavy (non-hydrogen) atoms. The van der Waals surface area contributed by atoms with E-state index in [4.69, 9.17) is 14.2 Å². The summed E-state index contributed by atoms with van der Waals surface area (Å²) in [4.78, 5) is 38.4. The van der Waals surface area contributed by atoms with Crippen molar-refractivity contribution in [3.63, 3.8) is 0 Å². The molecule has 0 aromatic carbocycles. The topological polar surface area (TPSA) is 78.9 Å². The van der Waals surface area contributed by atoms with Gasteiger partial charge in [-0.15, -0.1) is 0 Å².